The number of hydrogen-bond donors (Lipinski definition) is 1. The SMILES string of the molecule is CCOC(=O)c1ccc(NC(=O)CCc2nc(-c3ccc(Br)cc3)no2)cc1. The molecule has 3 rings (SSSR count). The minimum Gasteiger partial charge on any atom is -0.462 e. The lowest BCUT2D eigenvalue weighted by Gasteiger charge is -2.06. The summed E-state index contributed by atoms with van der Waals surface area (Å²) in [6.45, 7) is 2.06. The van der Waals surface area contributed by atoms with Gasteiger partial charge in [-0.2, -0.15) is 4.98 Å². The molecule has 144 valence electrons. The first-order chi connectivity index (χ1) is 13.5. The van der Waals surface area contributed by atoms with Gasteiger partial charge in [0, 0.05) is 28.6 Å². The highest BCUT2D eigenvalue weighted by atomic mass is 79.9. The lowest BCUT2D eigenvalue weighted by atomic mass is 10.2. The third kappa shape index (κ3) is 5.26. The Labute approximate surface area is 170 Å². The maximum Gasteiger partial charge on any atom is 0.338 e. The van der Waals surface area contributed by atoms with Gasteiger partial charge in [0.2, 0.25) is 17.6 Å². The fourth-order valence-corrected chi connectivity index (χ4v) is 2.68. The number of aromatic nitrogens is 2. The number of rotatable bonds is 7. The van der Waals surface area contributed by atoms with Crippen molar-refractivity contribution in [1.82, 2.24) is 10.1 Å². The van der Waals surface area contributed by atoms with Crippen molar-refractivity contribution in [1.29, 1.82) is 0 Å². The molecule has 0 radical (unpaired) electrons. The number of carbonyl (C=O) groups is 2. The minimum absolute atomic E-state index is 0.188. The van der Waals surface area contributed by atoms with E-state index in [0.717, 1.165) is 10.0 Å². The molecule has 0 bridgehead atoms. The van der Waals surface area contributed by atoms with E-state index in [1.165, 1.54) is 0 Å². The third-order valence-electron chi connectivity index (χ3n) is 3.82. The predicted molar refractivity (Wildman–Crippen MR) is 107 cm³/mol. The summed E-state index contributed by atoms with van der Waals surface area (Å²) in [4.78, 5) is 28.1. The van der Waals surface area contributed by atoms with E-state index in [0.29, 0.717) is 36.0 Å². The molecule has 0 atom stereocenters. The first kappa shape index (κ1) is 19.8. The number of anilines is 1. The number of esters is 1. The van der Waals surface area contributed by atoms with Crippen LogP contribution < -0.4 is 5.32 Å². The van der Waals surface area contributed by atoms with E-state index in [4.69, 9.17) is 9.26 Å². The molecule has 28 heavy (non-hydrogen) atoms. The zero-order chi connectivity index (χ0) is 19.9. The van der Waals surface area contributed by atoms with Gasteiger partial charge >= 0.3 is 5.97 Å². The minimum atomic E-state index is -0.390. The summed E-state index contributed by atoms with van der Waals surface area (Å²) < 4.78 is 11.1. The number of carbonyl (C=O) groups excluding carboxylic acids is 2. The fraction of sp³-hybridized carbons (Fsp3) is 0.200. The van der Waals surface area contributed by atoms with Crippen LogP contribution in [0.3, 0.4) is 0 Å². The van der Waals surface area contributed by atoms with Crippen molar-refractivity contribution < 1.29 is 18.8 Å². The Kier molecular flexibility index (Phi) is 6.54. The quantitative estimate of drug-likeness (QED) is 0.548. The number of aryl methyl sites for hydroxylation is 1. The van der Waals surface area contributed by atoms with Crippen LogP contribution in [0, 0.1) is 0 Å². The summed E-state index contributed by atoms with van der Waals surface area (Å²) in [6, 6.07) is 14.1. The van der Waals surface area contributed by atoms with Crippen LogP contribution in [0.5, 0.6) is 0 Å². The molecule has 0 fully saturated rings. The largest absolute Gasteiger partial charge is 0.462 e. The van der Waals surface area contributed by atoms with Crippen molar-refractivity contribution in [3.63, 3.8) is 0 Å². The maximum absolute atomic E-state index is 12.1. The first-order valence-electron chi connectivity index (χ1n) is 8.70. The van der Waals surface area contributed by atoms with Gasteiger partial charge in [0.15, 0.2) is 0 Å². The summed E-state index contributed by atoms with van der Waals surface area (Å²) in [7, 11) is 0. The van der Waals surface area contributed by atoms with Gasteiger partial charge in [-0.25, -0.2) is 4.79 Å². The second-order valence-corrected chi connectivity index (χ2v) is 6.78. The van der Waals surface area contributed by atoms with E-state index in [1.807, 2.05) is 24.3 Å². The molecule has 1 heterocycles. The Morgan fingerprint density at radius 1 is 1.11 bits per heavy atom. The van der Waals surface area contributed by atoms with Gasteiger partial charge in [-0.1, -0.05) is 21.1 Å². The van der Waals surface area contributed by atoms with Crippen LogP contribution in [0.4, 0.5) is 5.69 Å². The van der Waals surface area contributed by atoms with Crippen LogP contribution in [-0.2, 0) is 16.0 Å². The zero-order valence-electron chi connectivity index (χ0n) is 15.1. The van der Waals surface area contributed by atoms with E-state index in [2.05, 4.69) is 31.4 Å². The molecule has 0 aliphatic carbocycles. The number of halogens is 1. The van der Waals surface area contributed by atoms with Crippen LogP contribution in [0.2, 0.25) is 0 Å². The molecular weight excluding hydrogens is 426 g/mol. The fourth-order valence-electron chi connectivity index (χ4n) is 2.42. The molecule has 0 spiro atoms. The van der Waals surface area contributed by atoms with Crippen molar-refractivity contribution in [3.05, 3.63) is 64.5 Å². The molecule has 1 aromatic heterocycles. The van der Waals surface area contributed by atoms with E-state index >= 15 is 0 Å². The van der Waals surface area contributed by atoms with Gasteiger partial charge in [0.05, 0.1) is 12.2 Å². The average Bonchev–Trinajstić information content (AvgIpc) is 3.17. The first-order valence-corrected chi connectivity index (χ1v) is 9.50. The molecule has 2 aromatic carbocycles. The topological polar surface area (TPSA) is 94.3 Å². The Hall–Kier alpha value is -3.00. The van der Waals surface area contributed by atoms with Gasteiger partial charge in [-0.3, -0.25) is 4.79 Å². The van der Waals surface area contributed by atoms with Crippen LogP contribution >= 0.6 is 15.9 Å². The van der Waals surface area contributed by atoms with E-state index < -0.39 is 5.97 Å². The highest BCUT2D eigenvalue weighted by Crippen LogP contribution is 2.19. The summed E-state index contributed by atoms with van der Waals surface area (Å²) in [5, 5.41) is 6.71. The molecule has 0 saturated carbocycles. The zero-order valence-corrected chi connectivity index (χ0v) is 16.7. The van der Waals surface area contributed by atoms with Gasteiger partial charge in [-0.15, -0.1) is 0 Å². The van der Waals surface area contributed by atoms with Gasteiger partial charge in [0.1, 0.15) is 0 Å². The summed E-state index contributed by atoms with van der Waals surface area (Å²) in [5.41, 5.74) is 1.87. The van der Waals surface area contributed by atoms with Crippen LogP contribution in [0.1, 0.15) is 29.6 Å². The van der Waals surface area contributed by atoms with Crippen molar-refractivity contribution >= 4 is 33.5 Å². The number of amides is 1. The standard InChI is InChI=1S/C20H18BrN3O4/c1-2-27-20(26)14-5-9-16(10-6-14)22-17(25)11-12-18-23-19(24-28-18)13-3-7-15(21)8-4-13/h3-10H,2,11-12H2,1H3,(H,22,25). The second-order valence-electron chi connectivity index (χ2n) is 5.86. The number of benzene rings is 2. The molecule has 0 aliphatic rings. The van der Waals surface area contributed by atoms with Gasteiger partial charge in [0.25, 0.3) is 0 Å². The van der Waals surface area contributed by atoms with Crippen molar-refractivity contribution in [2.45, 2.75) is 19.8 Å². The third-order valence-corrected chi connectivity index (χ3v) is 4.34. The highest BCUT2D eigenvalue weighted by Gasteiger charge is 2.11. The summed E-state index contributed by atoms with van der Waals surface area (Å²) >= 11 is 3.38. The van der Waals surface area contributed by atoms with Crippen LogP contribution in [0.15, 0.2) is 57.5 Å². The van der Waals surface area contributed by atoms with Crippen LogP contribution in [-0.4, -0.2) is 28.6 Å². The Balaban J connectivity index is 1.52. The normalized spacial score (nSPS) is 10.5. The summed E-state index contributed by atoms with van der Waals surface area (Å²) in [5.74, 6) is 0.300. The van der Waals surface area contributed by atoms with Crippen LogP contribution in [0.25, 0.3) is 11.4 Å². The van der Waals surface area contributed by atoms with Gasteiger partial charge in [-0.05, 0) is 55.5 Å². The van der Waals surface area contributed by atoms with Crippen molar-refractivity contribution in [2.24, 2.45) is 0 Å². The van der Waals surface area contributed by atoms with E-state index in [1.54, 1.807) is 31.2 Å². The molecule has 3 aromatic rings. The molecule has 0 unspecified atom stereocenters. The Morgan fingerprint density at radius 3 is 2.50 bits per heavy atom. The smallest absolute Gasteiger partial charge is 0.338 e. The Morgan fingerprint density at radius 2 is 1.82 bits per heavy atom. The Bertz CT molecular complexity index is 952. The number of hydrogen-bond acceptors (Lipinski definition) is 6. The van der Waals surface area contributed by atoms with Crippen molar-refractivity contribution in [2.75, 3.05) is 11.9 Å². The molecule has 0 saturated heterocycles. The second kappa shape index (κ2) is 9.27. The lowest BCUT2D eigenvalue weighted by molar-refractivity contribution is -0.116. The predicted octanol–water partition coefficient (Wildman–Crippen LogP) is 4.25. The highest BCUT2D eigenvalue weighted by molar-refractivity contribution is 9.10. The number of nitrogens with zero attached hydrogens (tertiary/aromatic N) is 2. The number of nitrogens with one attached hydrogen (secondary N) is 1. The van der Waals surface area contributed by atoms with E-state index in [9.17, 15) is 9.59 Å². The van der Waals surface area contributed by atoms with Gasteiger partial charge < -0.3 is 14.6 Å². The average molecular weight is 444 g/mol. The molecule has 1 N–H and O–H groups in total. The van der Waals surface area contributed by atoms with Crippen molar-refractivity contribution in [3.8, 4) is 11.4 Å². The molecule has 0 aliphatic heterocycles. The van der Waals surface area contributed by atoms with E-state index in [-0.39, 0.29) is 12.3 Å². The monoisotopic (exact) mass is 443 g/mol. The number of ether oxygens (including phenoxy) is 1. The summed E-state index contributed by atoms with van der Waals surface area (Å²) in [6.07, 6.45) is 0.526. The molecule has 1 amide bonds. The molecule has 7 nitrogen and oxygen atoms in total. The molecule has 8 heteroatoms. The maximum atomic E-state index is 12.1. The lowest BCUT2D eigenvalue weighted by Crippen LogP contribution is -2.12. The molecular formula is C20H18BrN3O4.